The van der Waals surface area contributed by atoms with Crippen LogP contribution in [0.25, 0.3) is 0 Å². The van der Waals surface area contributed by atoms with Gasteiger partial charge >= 0.3 is 0 Å². The van der Waals surface area contributed by atoms with Crippen molar-refractivity contribution < 1.29 is 17.6 Å². The minimum atomic E-state index is -3.74. The lowest BCUT2D eigenvalue weighted by atomic mass is 10.1. The Kier molecular flexibility index (Phi) is 5.98. The Balaban J connectivity index is 1.82. The van der Waals surface area contributed by atoms with Crippen LogP contribution in [0, 0.1) is 5.82 Å². The highest BCUT2D eigenvalue weighted by molar-refractivity contribution is 7.92. The summed E-state index contributed by atoms with van der Waals surface area (Å²) < 4.78 is 40.1. The normalized spacial score (nSPS) is 11.1. The number of anilines is 1. The average molecular weight is 412 g/mol. The zero-order chi connectivity index (χ0) is 21.0. The van der Waals surface area contributed by atoms with Crippen LogP contribution < -0.4 is 4.31 Å². The number of halogens is 1. The van der Waals surface area contributed by atoms with E-state index in [9.17, 15) is 17.6 Å². The summed E-state index contributed by atoms with van der Waals surface area (Å²) in [5.41, 5.74) is 1.39. The fraction of sp³-hybridized carbons (Fsp3) is 0.136. The molecular formula is C22H21FN2O3S. The average Bonchev–Trinajstić information content (AvgIpc) is 2.73. The minimum Gasteiger partial charge on any atom is -0.337 e. The molecule has 3 aromatic carbocycles. The van der Waals surface area contributed by atoms with Crippen LogP contribution in [0.5, 0.6) is 0 Å². The molecule has 0 spiro atoms. The molecule has 0 fully saturated rings. The Morgan fingerprint density at radius 3 is 2.28 bits per heavy atom. The van der Waals surface area contributed by atoms with Crippen LogP contribution in [0.3, 0.4) is 0 Å². The molecule has 0 unspecified atom stereocenters. The fourth-order valence-corrected chi connectivity index (χ4v) is 4.13. The van der Waals surface area contributed by atoms with Crippen molar-refractivity contribution in [1.29, 1.82) is 0 Å². The molecular weight excluding hydrogens is 391 g/mol. The minimum absolute atomic E-state index is 0.169. The van der Waals surface area contributed by atoms with E-state index in [2.05, 4.69) is 0 Å². The van der Waals surface area contributed by atoms with E-state index in [4.69, 9.17) is 0 Å². The Bertz CT molecular complexity index is 1120. The second kappa shape index (κ2) is 8.45. The number of carbonyl (C=O) groups excluding carboxylic acids is 1. The standard InChI is InChI=1S/C22H21FN2O3S/c1-24(16-17-8-6-10-19(23)14-17)22(26)18-9-7-11-20(15-18)25(2)29(27,28)21-12-4-3-5-13-21/h3-15H,16H2,1-2H3. The van der Waals surface area contributed by atoms with Crippen molar-refractivity contribution in [2.45, 2.75) is 11.4 Å². The van der Waals surface area contributed by atoms with Gasteiger partial charge in [0.15, 0.2) is 0 Å². The molecule has 29 heavy (non-hydrogen) atoms. The number of hydrogen-bond donors (Lipinski definition) is 0. The van der Waals surface area contributed by atoms with Gasteiger partial charge in [-0.15, -0.1) is 0 Å². The van der Waals surface area contributed by atoms with Crippen LogP contribution in [0.2, 0.25) is 0 Å². The van der Waals surface area contributed by atoms with E-state index in [-0.39, 0.29) is 23.2 Å². The molecule has 0 radical (unpaired) electrons. The predicted molar refractivity (Wildman–Crippen MR) is 111 cm³/mol. The third kappa shape index (κ3) is 4.63. The van der Waals surface area contributed by atoms with Crippen LogP contribution >= 0.6 is 0 Å². The lowest BCUT2D eigenvalue weighted by Gasteiger charge is -2.21. The molecule has 1 amide bonds. The predicted octanol–water partition coefficient (Wildman–Crippen LogP) is 3.92. The highest BCUT2D eigenvalue weighted by atomic mass is 32.2. The largest absolute Gasteiger partial charge is 0.337 e. The van der Waals surface area contributed by atoms with Crippen molar-refractivity contribution in [2.75, 3.05) is 18.4 Å². The first-order valence-corrected chi connectivity index (χ1v) is 10.4. The summed E-state index contributed by atoms with van der Waals surface area (Å²) in [4.78, 5) is 14.4. The smallest absolute Gasteiger partial charge is 0.264 e. The molecule has 0 saturated heterocycles. The second-order valence-corrected chi connectivity index (χ2v) is 8.60. The maximum Gasteiger partial charge on any atom is 0.264 e. The summed E-state index contributed by atoms with van der Waals surface area (Å²) in [7, 11) is -0.679. The molecule has 0 atom stereocenters. The molecule has 0 aliphatic rings. The molecule has 0 heterocycles. The Labute approximate surface area is 170 Å². The van der Waals surface area contributed by atoms with Crippen LogP contribution in [-0.2, 0) is 16.6 Å². The van der Waals surface area contributed by atoms with E-state index < -0.39 is 10.0 Å². The van der Waals surface area contributed by atoms with Crippen molar-refractivity contribution in [3.05, 3.63) is 95.8 Å². The van der Waals surface area contributed by atoms with Gasteiger partial charge in [0.05, 0.1) is 10.6 Å². The molecule has 0 saturated carbocycles. The summed E-state index contributed by atoms with van der Waals surface area (Å²) >= 11 is 0. The van der Waals surface area contributed by atoms with Crippen LogP contribution in [0.15, 0.2) is 83.8 Å². The van der Waals surface area contributed by atoms with Crippen LogP contribution in [-0.4, -0.2) is 33.3 Å². The van der Waals surface area contributed by atoms with Gasteiger partial charge in [0.25, 0.3) is 15.9 Å². The zero-order valence-electron chi connectivity index (χ0n) is 16.1. The van der Waals surface area contributed by atoms with Crippen molar-refractivity contribution in [2.24, 2.45) is 0 Å². The highest BCUT2D eigenvalue weighted by Gasteiger charge is 2.22. The first-order chi connectivity index (χ1) is 13.8. The van der Waals surface area contributed by atoms with Gasteiger partial charge in [-0.05, 0) is 48.0 Å². The second-order valence-electron chi connectivity index (χ2n) is 6.63. The van der Waals surface area contributed by atoms with Gasteiger partial charge in [0.2, 0.25) is 0 Å². The van der Waals surface area contributed by atoms with Gasteiger partial charge in [-0.25, -0.2) is 12.8 Å². The van der Waals surface area contributed by atoms with Gasteiger partial charge in [-0.2, -0.15) is 0 Å². The quantitative estimate of drug-likeness (QED) is 0.617. The van der Waals surface area contributed by atoms with E-state index in [0.717, 1.165) is 4.31 Å². The van der Waals surface area contributed by atoms with Gasteiger partial charge in [0.1, 0.15) is 5.82 Å². The van der Waals surface area contributed by atoms with E-state index in [1.807, 2.05) is 0 Å². The molecule has 7 heteroatoms. The van der Waals surface area contributed by atoms with Gasteiger partial charge < -0.3 is 4.90 Å². The lowest BCUT2D eigenvalue weighted by Crippen LogP contribution is -2.28. The Hall–Kier alpha value is -3.19. The fourth-order valence-electron chi connectivity index (χ4n) is 2.93. The molecule has 0 N–H and O–H groups in total. The summed E-state index contributed by atoms with van der Waals surface area (Å²) in [5.74, 6) is -0.653. The monoisotopic (exact) mass is 412 g/mol. The summed E-state index contributed by atoms with van der Waals surface area (Å²) in [6.07, 6.45) is 0. The number of nitrogens with zero attached hydrogens (tertiary/aromatic N) is 2. The van der Waals surface area contributed by atoms with Crippen molar-refractivity contribution in [3.63, 3.8) is 0 Å². The van der Waals surface area contributed by atoms with E-state index in [1.54, 1.807) is 55.6 Å². The van der Waals surface area contributed by atoms with Gasteiger partial charge in [-0.3, -0.25) is 9.10 Å². The number of amides is 1. The van der Waals surface area contributed by atoms with E-state index >= 15 is 0 Å². The molecule has 0 aromatic heterocycles. The zero-order valence-corrected chi connectivity index (χ0v) is 16.9. The molecule has 3 aromatic rings. The molecule has 0 aliphatic heterocycles. The summed E-state index contributed by atoms with van der Waals surface area (Å²) in [6, 6.07) is 20.6. The first-order valence-electron chi connectivity index (χ1n) is 8.93. The van der Waals surface area contributed by atoms with Crippen molar-refractivity contribution >= 4 is 21.6 Å². The molecule has 5 nitrogen and oxygen atoms in total. The highest BCUT2D eigenvalue weighted by Crippen LogP contribution is 2.23. The number of sulfonamides is 1. The third-order valence-corrected chi connectivity index (χ3v) is 6.31. The van der Waals surface area contributed by atoms with Crippen LogP contribution in [0.1, 0.15) is 15.9 Å². The molecule has 0 bridgehead atoms. The first kappa shape index (κ1) is 20.5. The van der Waals surface area contributed by atoms with Crippen LogP contribution in [0.4, 0.5) is 10.1 Å². The molecule has 0 aliphatic carbocycles. The third-order valence-electron chi connectivity index (χ3n) is 4.51. The van der Waals surface area contributed by atoms with Crippen molar-refractivity contribution in [3.8, 4) is 0 Å². The molecule has 3 rings (SSSR count). The lowest BCUT2D eigenvalue weighted by molar-refractivity contribution is 0.0785. The van der Waals surface area contributed by atoms with E-state index in [0.29, 0.717) is 16.8 Å². The number of carbonyl (C=O) groups is 1. The Morgan fingerprint density at radius 1 is 0.897 bits per heavy atom. The Morgan fingerprint density at radius 2 is 1.59 bits per heavy atom. The summed E-state index contributed by atoms with van der Waals surface area (Å²) in [6.45, 7) is 0.235. The number of hydrogen-bond acceptors (Lipinski definition) is 3. The molecule has 150 valence electrons. The topological polar surface area (TPSA) is 57.7 Å². The SMILES string of the molecule is CN(Cc1cccc(F)c1)C(=O)c1cccc(N(C)S(=O)(=O)c2ccccc2)c1. The van der Waals surface area contributed by atoms with Gasteiger partial charge in [-0.1, -0.05) is 36.4 Å². The maximum absolute atomic E-state index is 13.4. The van der Waals surface area contributed by atoms with Crippen molar-refractivity contribution in [1.82, 2.24) is 4.90 Å². The van der Waals surface area contributed by atoms with E-state index in [1.165, 1.54) is 42.3 Å². The summed E-state index contributed by atoms with van der Waals surface area (Å²) in [5, 5.41) is 0. The number of rotatable bonds is 6. The number of benzene rings is 3. The van der Waals surface area contributed by atoms with Gasteiger partial charge in [0, 0.05) is 26.2 Å². The maximum atomic E-state index is 13.4.